The molecule has 22 heavy (non-hydrogen) atoms. The molecular formula is C17H13F3O2. The third kappa shape index (κ3) is 2.93. The van der Waals surface area contributed by atoms with Crippen LogP contribution in [0.5, 0.6) is 11.5 Å². The lowest BCUT2D eigenvalue weighted by molar-refractivity contribution is -0.274. The average molecular weight is 306 g/mol. The zero-order valence-electron chi connectivity index (χ0n) is 11.8. The molecule has 0 fully saturated rings. The number of ether oxygens (including phenoxy) is 2. The number of alkyl halides is 3. The van der Waals surface area contributed by atoms with E-state index in [4.69, 9.17) is 4.74 Å². The van der Waals surface area contributed by atoms with E-state index >= 15 is 0 Å². The van der Waals surface area contributed by atoms with Crippen LogP contribution in [-0.2, 0) is 0 Å². The molecule has 0 saturated heterocycles. The molecule has 2 nitrogen and oxygen atoms in total. The standard InChI is InChI=1S/C17H13F3O2/c1-2-21-13-5-7-15-11(9-13)3-4-12-10-14(6-8-16(12)15)22-17(18,19)20/h3-10H,2H2,1H3. The number of benzene rings is 3. The molecule has 0 aliphatic heterocycles. The van der Waals surface area contributed by atoms with E-state index in [0.29, 0.717) is 12.0 Å². The van der Waals surface area contributed by atoms with Gasteiger partial charge in [0.1, 0.15) is 11.5 Å². The van der Waals surface area contributed by atoms with E-state index in [9.17, 15) is 13.2 Å². The van der Waals surface area contributed by atoms with Crippen LogP contribution < -0.4 is 9.47 Å². The number of hydrogen-bond acceptors (Lipinski definition) is 2. The molecule has 0 saturated carbocycles. The van der Waals surface area contributed by atoms with Crippen molar-refractivity contribution in [2.45, 2.75) is 13.3 Å². The quantitative estimate of drug-likeness (QED) is 0.612. The monoisotopic (exact) mass is 306 g/mol. The lowest BCUT2D eigenvalue weighted by Crippen LogP contribution is -2.16. The van der Waals surface area contributed by atoms with Gasteiger partial charge in [-0.15, -0.1) is 13.2 Å². The normalized spacial score (nSPS) is 11.8. The van der Waals surface area contributed by atoms with Gasteiger partial charge in [-0.2, -0.15) is 0 Å². The molecule has 0 spiro atoms. The van der Waals surface area contributed by atoms with Gasteiger partial charge in [0.2, 0.25) is 0 Å². The first-order chi connectivity index (χ1) is 10.5. The molecule has 0 N–H and O–H groups in total. The number of fused-ring (bicyclic) bond motifs is 3. The fourth-order valence-electron chi connectivity index (χ4n) is 2.48. The van der Waals surface area contributed by atoms with Gasteiger partial charge in [0.25, 0.3) is 0 Å². The summed E-state index contributed by atoms with van der Waals surface area (Å²) in [5.41, 5.74) is 0. The summed E-state index contributed by atoms with van der Waals surface area (Å²) in [5, 5.41) is 3.50. The van der Waals surface area contributed by atoms with Gasteiger partial charge in [0, 0.05) is 0 Å². The minimum atomic E-state index is -4.68. The van der Waals surface area contributed by atoms with Crippen molar-refractivity contribution in [3.8, 4) is 11.5 Å². The van der Waals surface area contributed by atoms with Crippen molar-refractivity contribution in [2.24, 2.45) is 0 Å². The van der Waals surface area contributed by atoms with E-state index < -0.39 is 6.36 Å². The fourth-order valence-corrected chi connectivity index (χ4v) is 2.48. The van der Waals surface area contributed by atoms with Gasteiger partial charge >= 0.3 is 6.36 Å². The predicted octanol–water partition coefficient (Wildman–Crippen LogP) is 5.29. The summed E-state index contributed by atoms with van der Waals surface area (Å²) in [6.07, 6.45) is -4.68. The van der Waals surface area contributed by atoms with Gasteiger partial charge in [0.05, 0.1) is 6.61 Å². The van der Waals surface area contributed by atoms with E-state index in [1.54, 1.807) is 12.1 Å². The van der Waals surface area contributed by atoms with Crippen LogP contribution in [0.25, 0.3) is 21.5 Å². The predicted molar refractivity (Wildman–Crippen MR) is 79.3 cm³/mol. The Bertz CT molecular complexity index is 825. The summed E-state index contributed by atoms with van der Waals surface area (Å²) < 4.78 is 46.2. The number of halogens is 3. The van der Waals surface area contributed by atoms with Gasteiger partial charge < -0.3 is 9.47 Å². The van der Waals surface area contributed by atoms with Crippen LogP contribution in [0.15, 0.2) is 48.5 Å². The van der Waals surface area contributed by atoms with Crippen LogP contribution in [0.1, 0.15) is 6.92 Å². The SMILES string of the molecule is CCOc1ccc2c(ccc3cc(OC(F)(F)F)ccc32)c1. The smallest absolute Gasteiger partial charge is 0.494 e. The van der Waals surface area contributed by atoms with Crippen LogP contribution in [0.3, 0.4) is 0 Å². The van der Waals surface area contributed by atoms with Crippen LogP contribution in [-0.4, -0.2) is 13.0 Å². The van der Waals surface area contributed by atoms with Crippen LogP contribution in [0.4, 0.5) is 13.2 Å². The van der Waals surface area contributed by atoms with Gasteiger partial charge in [-0.25, -0.2) is 0 Å². The minimum absolute atomic E-state index is 0.217. The summed E-state index contributed by atoms with van der Waals surface area (Å²) in [5.74, 6) is 0.552. The highest BCUT2D eigenvalue weighted by Gasteiger charge is 2.31. The molecular weight excluding hydrogens is 293 g/mol. The van der Waals surface area contributed by atoms with Crippen LogP contribution in [0, 0.1) is 0 Å². The lowest BCUT2D eigenvalue weighted by Gasteiger charge is -2.11. The zero-order chi connectivity index (χ0) is 15.7. The molecule has 0 unspecified atom stereocenters. The van der Waals surface area contributed by atoms with Gasteiger partial charge in [-0.1, -0.05) is 24.3 Å². The van der Waals surface area contributed by atoms with E-state index in [1.165, 1.54) is 12.1 Å². The molecule has 114 valence electrons. The van der Waals surface area contributed by atoms with Crippen molar-refractivity contribution in [1.82, 2.24) is 0 Å². The Kier molecular flexibility index (Phi) is 3.56. The second kappa shape index (κ2) is 5.40. The maximum atomic E-state index is 12.3. The maximum absolute atomic E-state index is 12.3. The number of rotatable bonds is 3. The molecule has 0 aliphatic carbocycles. The molecule has 0 heterocycles. The third-order valence-corrected chi connectivity index (χ3v) is 3.32. The molecule has 0 amide bonds. The second-order valence-corrected chi connectivity index (χ2v) is 4.81. The highest BCUT2D eigenvalue weighted by atomic mass is 19.4. The van der Waals surface area contributed by atoms with E-state index in [2.05, 4.69) is 4.74 Å². The van der Waals surface area contributed by atoms with Gasteiger partial charge in [0.15, 0.2) is 0 Å². The Morgan fingerprint density at radius 2 is 1.36 bits per heavy atom. The second-order valence-electron chi connectivity index (χ2n) is 4.81. The van der Waals surface area contributed by atoms with E-state index in [0.717, 1.165) is 21.9 Å². The highest BCUT2D eigenvalue weighted by molar-refractivity contribution is 6.08. The highest BCUT2D eigenvalue weighted by Crippen LogP contribution is 2.32. The fraction of sp³-hybridized carbons (Fsp3) is 0.176. The third-order valence-electron chi connectivity index (χ3n) is 3.32. The molecule has 0 aromatic heterocycles. The first-order valence-corrected chi connectivity index (χ1v) is 6.81. The maximum Gasteiger partial charge on any atom is 0.573 e. The van der Waals surface area contributed by atoms with Crippen molar-refractivity contribution in [3.63, 3.8) is 0 Å². The zero-order valence-corrected chi connectivity index (χ0v) is 11.8. The molecule has 0 radical (unpaired) electrons. The van der Waals surface area contributed by atoms with Gasteiger partial charge in [-0.3, -0.25) is 0 Å². The van der Waals surface area contributed by atoms with Crippen molar-refractivity contribution >= 4 is 21.5 Å². The number of hydrogen-bond donors (Lipinski definition) is 0. The van der Waals surface area contributed by atoms with E-state index in [1.807, 2.05) is 31.2 Å². The Morgan fingerprint density at radius 3 is 1.91 bits per heavy atom. The molecule has 0 bridgehead atoms. The van der Waals surface area contributed by atoms with Crippen LogP contribution >= 0.6 is 0 Å². The molecule has 0 aliphatic rings. The first-order valence-electron chi connectivity index (χ1n) is 6.81. The molecule has 5 heteroatoms. The van der Waals surface area contributed by atoms with Crippen molar-refractivity contribution in [1.29, 1.82) is 0 Å². The van der Waals surface area contributed by atoms with E-state index in [-0.39, 0.29) is 5.75 Å². The Labute approximate surface area is 125 Å². The van der Waals surface area contributed by atoms with Gasteiger partial charge in [-0.05, 0) is 52.7 Å². The topological polar surface area (TPSA) is 18.5 Å². The summed E-state index contributed by atoms with van der Waals surface area (Å²) in [6, 6.07) is 13.7. The van der Waals surface area contributed by atoms with Crippen LogP contribution in [0.2, 0.25) is 0 Å². The average Bonchev–Trinajstić information content (AvgIpc) is 2.45. The first kappa shape index (κ1) is 14.5. The minimum Gasteiger partial charge on any atom is -0.494 e. The molecule has 0 atom stereocenters. The summed E-state index contributed by atoms with van der Waals surface area (Å²) in [7, 11) is 0. The molecule has 3 aromatic carbocycles. The molecule has 3 rings (SSSR count). The van der Waals surface area contributed by atoms with Crippen molar-refractivity contribution in [3.05, 3.63) is 48.5 Å². The Balaban J connectivity index is 2.08. The lowest BCUT2D eigenvalue weighted by atomic mass is 10.0. The Morgan fingerprint density at radius 1 is 0.818 bits per heavy atom. The largest absolute Gasteiger partial charge is 0.573 e. The molecule has 3 aromatic rings. The summed E-state index contributed by atoms with van der Waals surface area (Å²) >= 11 is 0. The summed E-state index contributed by atoms with van der Waals surface area (Å²) in [4.78, 5) is 0. The summed E-state index contributed by atoms with van der Waals surface area (Å²) in [6.45, 7) is 2.49. The van der Waals surface area contributed by atoms with Crippen molar-refractivity contribution < 1.29 is 22.6 Å². The Hall–Kier alpha value is -2.43. The van der Waals surface area contributed by atoms with Crippen molar-refractivity contribution in [2.75, 3.05) is 6.61 Å².